The fraction of sp³-hybridized carbons (Fsp3) is 0.0435. The highest BCUT2D eigenvalue weighted by molar-refractivity contribution is 5.85. The number of aromatic amines is 1. The van der Waals surface area contributed by atoms with Crippen molar-refractivity contribution in [3.63, 3.8) is 0 Å². The highest BCUT2D eigenvalue weighted by atomic mass is 16.6. The van der Waals surface area contributed by atoms with Crippen molar-refractivity contribution in [3.05, 3.63) is 104 Å². The molecule has 31 heavy (non-hydrogen) atoms. The third-order valence-electron chi connectivity index (χ3n) is 4.68. The molecule has 0 atom stereocenters. The Bertz CT molecular complexity index is 1360. The molecule has 0 saturated heterocycles. The number of nitro groups is 1. The standard InChI is InChI=1S/C23H17N3O5/c27-22-21(26(29)30)23(28)25-20(24-22)13-12-16-7-2-4-11-19(16)31-14-17-9-5-8-15-6-1-3-10-18(15)17/h1-13H,14H2,(H2,24,25,27,28). The van der Waals surface area contributed by atoms with Gasteiger partial charge in [0.15, 0.2) is 0 Å². The zero-order valence-corrected chi connectivity index (χ0v) is 16.2. The van der Waals surface area contributed by atoms with E-state index in [2.05, 4.69) is 9.97 Å². The second-order valence-corrected chi connectivity index (χ2v) is 6.68. The summed E-state index contributed by atoms with van der Waals surface area (Å²) in [5.41, 5.74) is -0.264. The van der Waals surface area contributed by atoms with E-state index in [9.17, 15) is 20.0 Å². The van der Waals surface area contributed by atoms with Crippen LogP contribution in [0.15, 0.2) is 71.5 Å². The molecule has 4 rings (SSSR count). The first-order valence-corrected chi connectivity index (χ1v) is 9.37. The minimum absolute atomic E-state index is 0.0167. The molecule has 0 spiro atoms. The van der Waals surface area contributed by atoms with Gasteiger partial charge >= 0.3 is 11.2 Å². The summed E-state index contributed by atoms with van der Waals surface area (Å²) in [6.45, 7) is 0.361. The van der Waals surface area contributed by atoms with Gasteiger partial charge in [0.2, 0.25) is 0 Å². The van der Waals surface area contributed by atoms with Crippen LogP contribution in [0.4, 0.5) is 5.69 Å². The van der Waals surface area contributed by atoms with Gasteiger partial charge in [0.25, 0.3) is 5.88 Å². The summed E-state index contributed by atoms with van der Waals surface area (Å²) in [4.78, 5) is 27.5. The molecule has 0 unspecified atom stereocenters. The second kappa shape index (κ2) is 8.50. The number of benzene rings is 3. The van der Waals surface area contributed by atoms with Gasteiger partial charge in [0.05, 0.1) is 4.92 Å². The third kappa shape index (κ3) is 4.27. The zero-order valence-electron chi connectivity index (χ0n) is 16.2. The molecule has 154 valence electrons. The average Bonchev–Trinajstić information content (AvgIpc) is 2.76. The lowest BCUT2D eigenvalue weighted by molar-refractivity contribution is -0.387. The molecule has 0 saturated carbocycles. The van der Waals surface area contributed by atoms with Crippen LogP contribution in [0.25, 0.3) is 22.9 Å². The maximum atomic E-state index is 11.8. The Morgan fingerprint density at radius 1 is 1.03 bits per heavy atom. The number of ether oxygens (including phenoxy) is 1. The average molecular weight is 415 g/mol. The number of fused-ring (bicyclic) bond motifs is 1. The van der Waals surface area contributed by atoms with Gasteiger partial charge in [-0.3, -0.25) is 14.9 Å². The molecule has 1 heterocycles. The lowest BCUT2D eigenvalue weighted by atomic mass is 10.1. The van der Waals surface area contributed by atoms with Crippen molar-refractivity contribution in [1.29, 1.82) is 0 Å². The van der Waals surface area contributed by atoms with Crippen molar-refractivity contribution in [2.45, 2.75) is 6.61 Å². The Labute approximate surface area is 176 Å². The Balaban J connectivity index is 1.58. The normalized spacial score (nSPS) is 11.1. The van der Waals surface area contributed by atoms with E-state index in [4.69, 9.17) is 4.74 Å². The summed E-state index contributed by atoms with van der Waals surface area (Å²) < 4.78 is 6.04. The fourth-order valence-electron chi connectivity index (χ4n) is 3.21. The van der Waals surface area contributed by atoms with Crippen LogP contribution in [0.5, 0.6) is 11.6 Å². The van der Waals surface area contributed by atoms with Gasteiger partial charge in [-0.2, -0.15) is 4.98 Å². The van der Waals surface area contributed by atoms with Gasteiger partial charge in [-0.1, -0.05) is 60.7 Å². The molecular weight excluding hydrogens is 398 g/mol. The van der Waals surface area contributed by atoms with Crippen molar-refractivity contribution in [2.24, 2.45) is 0 Å². The van der Waals surface area contributed by atoms with E-state index in [0.29, 0.717) is 17.9 Å². The molecule has 8 heteroatoms. The van der Waals surface area contributed by atoms with E-state index in [0.717, 1.165) is 16.3 Å². The number of rotatable bonds is 6. The van der Waals surface area contributed by atoms with E-state index in [-0.39, 0.29) is 5.82 Å². The Morgan fingerprint density at radius 3 is 2.58 bits per heavy atom. The van der Waals surface area contributed by atoms with Crippen LogP contribution in [0.2, 0.25) is 0 Å². The highest BCUT2D eigenvalue weighted by Crippen LogP contribution is 2.25. The molecule has 0 radical (unpaired) electrons. The quantitative estimate of drug-likeness (QED) is 0.358. The number of nitrogens with one attached hydrogen (secondary N) is 1. The summed E-state index contributed by atoms with van der Waals surface area (Å²) in [5.74, 6) is -0.342. The van der Waals surface area contributed by atoms with Crippen molar-refractivity contribution in [3.8, 4) is 11.6 Å². The van der Waals surface area contributed by atoms with Crippen LogP contribution in [-0.4, -0.2) is 20.0 Å². The molecule has 0 amide bonds. The maximum Gasteiger partial charge on any atom is 0.395 e. The van der Waals surface area contributed by atoms with Crippen LogP contribution in [0.3, 0.4) is 0 Å². The molecule has 0 aliphatic rings. The van der Waals surface area contributed by atoms with Gasteiger partial charge in [-0.05, 0) is 34.6 Å². The lowest BCUT2D eigenvalue weighted by Crippen LogP contribution is -2.14. The van der Waals surface area contributed by atoms with Crippen LogP contribution in [0, 0.1) is 10.1 Å². The Morgan fingerprint density at radius 2 is 1.77 bits per heavy atom. The van der Waals surface area contributed by atoms with E-state index < -0.39 is 22.0 Å². The van der Waals surface area contributed by atoms with Crippen molar-refractivity contribution < 1.29 is 14.8 Å². The van der Waals surface area contributed by atoms with Crippen LogP contribution >= 0.6 is 0 Å². The molecule has 3 aromatic carbocycles. The Hall–Kier alpha value is -4.46. The monoisotopic (exact) mass is 415 g/mol. The largest absolute Gasteiger partial charge is 0.488 e. The van der Waals surface area contributed by atoms with Crippen molar-refractivity contribution in [2.75, 3.05) is 0 Å². The fourth-order valence-corrected chi connectivity index (χ4v) is 3.21. The number of aromatic hydroxyl groups is 1. The molecule has 0 aliphatic heterocycles. The molecule has 2 N–H and O–H groups in total. The summed E-state index contributed by atoms with van der Waals surface area (Å²) in [6, 6.07) is 21.4. The van der Waals surface area contributed by atoms with Gasteiger partial charge in [-0.15, -0.1) is 0 Å². The predicted octanol–water partition coefficient (Wildman–Crippen LogP) is 4.29. The molecule has 0 fully saturated rings. The highest BCUT2D eigenvalue weighted by Gasteiger charge is 2.21. The smallest absolute Gasteiger partial charge is 0.395 e. The number of hydrogen-bond donors (Lipinski definition) is 2. The Kier molecular flexibility index (Phi) is 5.44. The molecule has 0 aliphatic carbocycles. The molecular formula is C23H17N3O5. The maximum absolute atomic E-state index is 11.8. The first-order chi connectivity index (χ1) is 15.0. The van der Waals surface area contributed by atoms with Gasteiger partial charge in [0, 0.05) is 5.56 Å². The van der Waals surface area contributed by atoms with Gasteiger partial charge in [0.1, 0.15) is 18.2 Å². The summed E-state index contributed by atoms with van der Waals surface area (Å²) in [6.07, 6.45) is 3.08. The second-order valence-electron chi connectivity index (χ2n) is 6.68. The molecule has 8 nitrogen and oxygen atoms in total. The molecule has 1 aromatic heterocycles. The minimum atomic E-state index is -1.03. The van der Waals surface area contributed by atoms with Crippen molar-refractivity contribution in [1.82, 2.24) is 9.97 Å². The van der Waals surface area contributed by atoms with Crippen LogP contribution in [-0.2, 0) is 6.61 Å². The van der Waals surface area contributed by atoms with Crippen LogP contribution < -0.4 is 10.3 Å². The topological polar surface area (TPSA) is 118 Å². The van der Waals surface area contributed by atoms with E-state index >= 15 is 0 Å². The van der Waals surface area contributed by atoms with Crippen molar-refractivity contribution >= 4 is 28.6 Å². The predicted molar refractivity (Wildman–Crippen MR) is 117 cm³/mol. The zero-order chi connectivity index (χ0) is 21.8. The third-order valence-corrected chi connectivity index (χ3v) is 4.68. The van der Waals surface area contributed by atoms with Crippen LogP contribution in [0.1, 0.15) is 17.0 Å². The number of nitrogens with zero attached hydrogens (tertiary/aromatic N) is 2. The number of hydrogen-bond acceptors (Lipinski definition) is 6. The first kappa shape index (κ1) is 19.8. The summed E-state index contributed by atoms with van der Waals surface area (Å²) in [7, 11) is 0. The minimum Gasteiger partial charge on any atom is -0.488 e. The number of para-hydroxylation sites is 1. The van der Waals surface area contributed by atoms with E-state index in [1.807, 2.05) is 66.7 Å². The van der Waals surface area contributed by atoms with Gasteiger partial charge < -0.3 is 14.8 Å². The van der Waals surface area contributed by atoms with E-state index in [1.165, 1.54) is 6.08 Å². The van der Waals surface area contributed by atoms with Gasteiger partial charge in [-0.25, -0.2) is 0 Å². The molecule has 0 bridgehead atoms. The first-order valence-electron chi connectivity index (χ1n) is 9.37. The molecule has 4 aromatic rings. The van der Waals surface area contributed by atoms with E-state index in [1.54, 1.807) is 6.08 Å². The number of aromatic nitrogens is 2. The summed E-state index contributed by atoms with van der Waals surface area (Å²) >= 11 is 0. The summed E-state index contributed by atoms with van der Waals surface area (Å²) in [5, 5.41) is 22.7. The SMILES string of the molecule is O=c1[nH]c(C=Cc2ccccc2OCc2cccc3ccccc23)nc(O)c1[N+](=O)[O-]. The lowest BCUT2D eigenvalue weighted by Gasteiger charge is -2.11. The number of H-pyrrole nitrogens is 1.